The van der Waals surface area contributed by atoms with Crippen LogP contribution in [-0.2, 0) is 4.79 Å². The van der Waals surface area contributed by atoms with Gasteiger partial charge in [-0.1, -0.05) is 54.6 Å². The van der Waals surface area contributed by atoms with Crippen molar-refractivity contribution in [1.82, 2.24) is 5.32 Å². The summed E-state index contributed by atoms with van der Waals surface area (Å²) in [5.74, 6) is 1.38. The maximum atomic E-state index is 12.1. The van der Waals surface area contributed by atoms with Crippen LogP contribution in [0.2, 0.25) is 0 Å². The molecule has 0 aliphatic heterocycles. The third kappa shape index (κ3) is 4.54. The fourth-order valence-corrected chi connectivity index (χ4v) is 2.76. The molecule has 0 radical (unpaired) electrons. The molecule has 0 spiro atoms. The highest BCUT2D eigenvalue weighted by Crippen LogP contribution is 2.25. The van der Waals surface area contributed by atoms with Gasteiger partial charge in [0.2, 0.25) is 0 Å². The van der Waals surface area contributed by atoms with Crippen LogP contribution < -0.4 is 14.8 Å². The zero-order valence-corrected chi connectivity index (χ0v) is 15.1. The van der Waals surface area contributed by atoms with E-state index in [1.54, 1.807) is 0 Å². The fourth-order valence-electron chi connectivity index (χ4n) is 2.76. The Morgan fingerprint density at radius 3 is 2.46 bits per heavy atom. The Morgan fingerprint density at radius 2 is 1.62 bits per heavy atom. The molecule has 0 fully saturated rings. The van der Waals surface area contributed by atoms with Crippen LogP contribution in [0.1, 0.15) is 12.5 Å². The minimum atomic E-state index is -0.168. The SMILES string of the molecule is Cc1ccccc1OC[C@H](C)NC(=O)COc1cccc2ccccc12. The Bertz CT molecular complexity index is 886. The molecule has 0 saturated heterocycles. The summed E-state index contributed by atoms with van der Waals surface area (Å²) < 4.78 is 11.5. The molecule has 26 heavy (non-hydrogen) atoms. The van der Waals surface area contributed by atoms with Gasteiger partial charge in [-0.25, -0.2) is 0 Å². The summed E-state index contributed by atoms with van der Waals surface area (Å²) >= 11 is 0. The average Bonchev–Trinajstić information content (AvgIpc) is 2.65. The summed E-state index contributed by atoms with van der Waals surface area (Å²) in [5.41, 5.74) is 1.07. The van der Waals surface area contributed by atoms with E-state index in [1.807, 2.05) is 80.6 Å². The zero-order chi connectivity index (χ0) is 18.4. The molecule has 3 aromatic carbocycles. The van der Waals surface area contributed by atoms with E-state index in [0.717, 1.165) is 22.1 Å². The molecule has 0 saturated carbocycles. The second-order valence-electron chi connectivity index (χ2n) is 6.31. The lowest BCUT2D eigenvalue weighted by molar-refractivity contribution is -0.123. The van der Waals surface area contributed by atoms with Crippen molar-refractivity contribution in [1.29, 1.82) is 0 Å². The van der Waals surface area contributed by atoms with E-state index in [1.165, 1.54) is 0 Å². The van der Waals surface area contributed by atoms with E-state index in [4.69, 9.17) is 9.47 Å². The minimum absolute atomic E-state index is 0.0251. The number of hydrogen-bond acceptors (Lipinski definition) is 3. The summed E-state index contributed by atoms with van der Waals surface area (Å²) in [5, 5.41) is 4.99. The second-order valence-corrected chi connectivity index (χ2v) is 6.31. The van der Waals surface area contributed by atoms with Crippen molar-refractivity contribution in [2.24, 2.45) is 0 Å². The number of hydrogen-bond donors (Lipinski definition) is 1. The maximum absolute atomic E-state index is 12.1. The molecule has 4 nitrogen and oxygen atoms in total. The summed E-state index contributed by atoms with van der Waals surface area (Å²) in [7, 11) is 0. The second kappa shape index (κ2) is 8.39. The molecular formula is C22H23NO3. The minimum Gasteiger partial charge on any atom is -0.491 e. The van der Waals surface area contributed by atoms with Crippen LogP contribution in [0.3, 0.4) is 0 Å². The van der Waals surface area contributed by atoms with Crippen LogP contribution in [0.4, 0.5) is 0 Å². The molecule has 0 aromatic heterocycles. The number of amides is 1. The van der Waals surface area contributed by atoms with Crippen molar-refractivity contribution < 1.29 is 14.3 Å². The van der Waals surface area contributed by atoms with Gasteiger partial charge < -0.3 is 14.8 Å². The lowest BCUT2D eigenvalue weighted by Crippen LogP contribution is -2.39. The van der Waals surface area contributed by atoms with Crippen LogP contribution in [-0.4, -0.2) is 25.2 Å². The van der Waals surface area contributed by atoms with Gasteiger partial charge in [0.1, 0.15) is 18.1 Å². The molecule has 3 rings (SSSR count). The Labute approximate surface area is 153 Å². The van der Waals surface area contributed by atoms with Gasteiger partial charge in [-0.2, -0.15) is 0 Å². The monoisotopic (exact) mass is 349 g/mol. The van der Waals surface area contributed by atoms with Crippen molar-refractivity contribution in [3.8, 4) is 11.5 Å². The largest absolute Gasteiger partial charge is 0.491 e. The topological polar surface area (TPSA) is 47.6 Å². The molecule has 3 aromatic rings. The third-order valence-electron chi connectivity index (χ3n) is 4.10. The standard InChI is InChI=1S/C22H23NO3/c1-16-8-3-6-12-20(16)25-14-17(2)23-22(24)15-26-21-13-7-10-18-9-4-5-11-19(18)21/h3-13,17H,14-15H2,1-2H3,(H,23,24)/t17-/m0/s1. The van der Waals surface area contributed by atoms with Crippen molar-refractivity contribution >= 4 is 16.7 Å². The van der Waals surface area contributed by atoms with Gasteiger partial charge >= 0.3 is 0 Å². The van der Waals surface area contributed by atoms with E-state index in [2.05, 4.69) is 5.32 Å². The number of benzene rings is 3. The van der Waals surface area contributed by atoms with Gasteiger partial charge in [-0.05, 0) is 36.9 Å². The molecular weight excluding hydrogens is 326 g/mol. The molecule has 1 amide bonds. The molecule has 0 unspecified atom stereocenters. The molecule has 0 aliphatic rings. The van der Waals surface area contributed by atoms with E-state index in [-0.39, 0.29) is 18.6 Å². The molecule has 1 N–H and O–H groups in total. The van der Waals surface area contributed by atoms with Crippen molar-refractivity contribution in [2.45, 2.75) is 19.9 Å². The number of aryl methyl sites for hydroxylation is 1. The van der Waals surface area contributed by atoms with E-state index in [0.29, 0.717) is 12.4 Å². The van der Waals surface area contributed by atoms with Crippen LogP contribution in [0, 0.1) is 6.92 Å². The highest BCUT2D eigenvalue weighted by atomic mass is 16.5. The number of carbonyl (C=O) groups excluding carboxylic acids is 1. The zero-order valence-electron chi connectivity index (χ0n) is 15.1. The Morgan fingerprint density at radius 1 is 0.923 bits per heavy atom. The van der Waals surface area contributed by atoms with Gasteiger partial charge in [-0.3, -0.25) is 4.79 Å². The predicted octanol–water partition coefficient (Wildman–Crippen LogP) is 4.11. The quantitative estimate of drug-likeness (QED) is 0.698. The highest BCUT2D eigenvalue weighted by molar-refractivity contribution is 5.88. The van der Waals surface area contributed by atoms with Gasteiger partial charge in [0.05, 0.1) is 6.04 Å². The predicted molar refractivity (Wildman–Crippen MR) is 104 cm³/mol. The molecule has 1 atom stereocenters. The van der Waals surface area contributed by atoms with Gasteiger partial charge in [0.15, 0.2) is 6.61 Å². The van der Waals surface area contributed by atoms with Crippen molar-refractivity contribution in [3.05, 3.63) is 72.3 Å². The number of carbonyl (C=O) groups is 1. The smallest absolute Gasteiger partial charge is 0.258 e. The lowest BCUT2D eigenvalue weighted by atomic mass is 10.1. The molecule has 0 aliphatic carbocycles. The third-order valence-corrected chi connectivity index (χ3v) is 4.10. The number of para-hydroxylation sites is 1. The van der Waals surface area contributed by atoms with E-state index < -0.39 is 0 Å². The molecule has 0 bridgehead atoms. The van der Waals surface area contributed by atoms with E-state index >= 15 is 0 Å². The first-order valence-electron chi connectivity index (χ1n) is 8.72. The summed E-state index contributed by atoms with van der Waals surface area (Å²) in [6, 6.07) is 21.5. The lowest BCUT2D eigenvalue weighted by Gasteiger charge is -2.16. The first-order chi connectivity index (χ1) is 12.6. The van der Waals surface area contributed by atoms with Gasteiger partial charge in [0.25, 0.3) is 5.91 Å². The fraction of sp³-hybridized carbons (Fsp3) is 0.227. The van der Waals surface area contributed by atoms with Crippen molar-refractivity contribution in [3.63, 3.8) is 0 Å². The first kappa shape index (κ1) is 17.8. The number of ether oxygens (including phenoxy) is 2. The Balaban J connectivity index is 1.50. The summed E-state index contributed by atoms with van der Waals surface area (Å²) in [6.45, 7) is 4.29. The van der Waals surface area contributed by atoms with Gasteiger partial charge in [-0.15, -0.1) is 0 Å². The maximum Gasteiger partial charge on any atom is 0.258 e. The summed E-state index contributed by atoms with van der Waals surface area (Å²) in [4.78, 5) is 12.1. The Hall–Kier alpha value is -3.01. The molecule has 4 heteroatoms. The molecule has 134 valence electrons. The van der Waals surface area contributed by atoms with Crippen molar-refractivity contribution in [2.75, 3.05) is 13.2 Å². The van der Waals surface area contributed by atoms with Gasteiger partial charge in [0, 0.05) is 5.39 Å². The van der Waals surface area contributed by atoms with Crippen LogP contribution in [0.25, 0.3) is 10.8 Å². The normalized spacial score (nSPS) is 11.8. The number of fused-ring (bicyclic) bond motifs is 1. The first-order valence-corrected chi connectivity index (χ1v) is 8.72. The van der Waals surface area contributed by atoms with Crippen LogP contribution in [0.15, 0.2) is 66.7 Å². The molecule has 0 heterocycles. The number of rotatable bonds is 7. The van der Waals surface area contributed by atoms with E-state index in [9.17, 15) is 4.79 Å². The highest BCUT2D eigenvalue weighted by Gasteiger charge is 2.10. The summed E-state index contributed by atoms with van der Waals surface area (Å²) in [6.07, 6.45) is 0. The van der Waals surface area contributed by atoms with Crippen LogP contribution >= 0.6 is 0 Å². The van der Waals surface area contributed by atoms with Crippen LogP contribution in [0.5, 0.6) is 11.5 Å². The Kier molecular flexibility index (Phi) is 5.74. The average molecular weight is 349 g/mol. The number of nitrogens with one attached hydrogen (secondary N) is 1.